The Morgan fingerprint density at radius 3 is 2.27 bits per heavy atom. The fraction of sp³-hybridized carbons (Fsp3) is 0.625. The number of benzene rings is 1. The molecule has 206 valence electrons. The lowest BCUT2D eigenvalue weighted by molar-refractivity contribution is -0.151. The second-order valence-electron chi connectivity index (χ2n) is 9.89. The number of nitrogens with two attached hydrogens (primary N) is 1. The van der Waals surface area contributed by atoms with Crippen LogP contribution in [0, 0.1) is 5.92 Å². The molecule has 0 saturated carbocycles. The van der Waals surface area contributed by atoms with Crippen molar-refractivity contribution in [3.63, 3.8) is 0 Å². The maximum absolute atomic E-state index is 11.8. The summed E-state index contributed by atoms with van der Waals surface area (Å²) in [5.74, 6) is -3.14. The third-order valence-corrected chi connectivity index (χ3v) is 8.77. The minimum Gasteiger partial charge on any atom is -0.481 e. The number of carboxylic acid groups (broad SMARTS) is 3. The van der Waals surface area contributed by atoms with Crippen molar-refractivity contribution in [2.75, 3.05) is 19.6 Å². The molecule has 4 atom stereocenters. The number of nitrogens with zero attached hydrogens (tertiary/aromatic N) is 1. The number of piperidine rings is 3. The highest BCUT2D eigenvalue weighted by molar-refractivity contribution is 7.88. The molecule has 7 N–H and O–H groups in total. The maximum Gasteiger partial charge on any atom is 0.325 e. The molecule has 0 spiro atoms. The van der Waals surface area contributed by atoms with E-state index in [1.54, 1.807) is 30.3 Å². The summed E-state index contributed by atoms with van der Waals surface area (Å²) in [7, 11) is -3.85. The summed E-state index contributed by atoms with van der Waals surface area (Å²) in [6.45, 7) is 2.83. The van der Waals surface area contributed by atoms with Gasteiger partial charge in [-0.2, -0.15) is 0 Å². The Morgan fingerprint density at radius 2 is 1.78 bits per heavy atom. The Hall–Kier alpha value is -2.58. The Labute approximate surface area is 216 Å². The average molecular weight is 541 g/mol. The SMILES string of the molecule is N[C@H]1C2CCN(CC2)C1[C@@]1(C(=O)O)CCCN1.O=C(O)CC[C@H](NS(=O)(=O)Cc1ccccc1)C(=O)O. The lowest BCUT2D eigenvalue weighted by Gasteiger charge is -2.54. The van der Waals surface area contributed by atoms with Crippen LogP contribution >= 0.6 is 0 Å². The molecule has 13 heteroatoms. The van der Waals surface area contributed by atoms with Crippen molar-refractivity contribution >= 4 is 27.9 Å². The van der Waals surface area contributed by atoms with Crippen LogP contribution in [0.1, 0.15) is 44.1 Å². The highest BCUT2D eigenvalue weighted by Gasteiger charge is 2.56. The van der Waals surface area contributed by atoms with Crippen LogP contribution in [0.15, 0.2) is 30.3 Å². The summed E-state index contributed by atoms with van der Waals surface area (Å²) in [5.41, 5.74) is 6.04. The molecule has 4 aliphatic rings. The molecule has 4 aliphatic heterocycles. The molecule has 0 aromatic heterocycles. The van der Waals surface area contributed by atoms with E-state index in [1.165, 1.54) is 0 Å². The molecule has 1 aromatic rings. The van der Waals surface area contributed by atoms with E-state index in [0.717, 1.165) is 38.9 Å². The third-order valence-electron chi connectivity index (χ3n) is 7.42. The van der Waals surface area contributed by atoms with E-state index in [4.69, 9.17) is 15.9 Å². The summed E-state index contributed by atoms with van der Waals surface area (Å²) in [6, 6.07) is 6.83. The van der Waals surface area contributed by atoms with Crippen LogP contribution in [0.2, 0.25) is 0 Å². The molecule has 4 heterocycles. The fourth-order valence-electron chi connectivity index (χ4n) is 5.61. The summed E-state index contributed by atoms with van der Waals surface area (Å²) >= 11 is 0. The van der Waals surface area contributed by atoms with Crippen LogP contribution in [-0.4, -0.2) is 89.8 Å². The van der Waals surface area contributed by atoms with Gasteiger partial charge in [0.1, 0.15) is 11.6 Å². The number of carbonyl (C=O) groups is 3. The average Bonchev–Trinajstić information content (AvgIpc) is 3.34. The number of fused-ring (bicyclic) bond motifs is 3. The first kappa shape index (κ1) is 29.0. The zero-order chi connectivity index (χ0) is 27.2. The van der Waals surface area contributed by atoms with E-state index < -0.39 is 45.9 Å². The smallest absolute Gasteiger partial charge is 0.325 e. The molecular formula is C24H36N4O8S. The van der Waals surface area contributed by atoms with Crippen LogP contribution in [-0.2, 0) is 30.2 Å². The first-order valence-electron chi connectivity index (χ1n) is 12.4. The highest BCUT2D eigenvalue weighted by Crippen LogP contribution is 2.39. The van der Waals surface area contributed by atoms with Crippen LogP contribution in [0.5, 0.6) is 0 Å². The predicted molar refractivity (Wildman–Crippen MR) is 134 cm³/mol. The van der Waals surface area contributed by atoms with Crippen molar-refractivity contribution in [2.45, 2.75) is 67.9 Å². The van der Waals surface area contributed by atoms with E-state index >= 15 is 0 Å². The topological polar surface area (TPSA) is 199 Å². The largest absolute Gasteiger partial charge is 0.481 e. The summed E-state index contributed by atoms with van der Waals surface area (Å²) in [5, 5.41) is 30.3. The number of sulfonamides is 1. The highest BCUT2D eigenvalue weighted by atomic mass is 32.2. The van der Waals surface area contributed by atoms with E-state index in [1.807, 2.05) is 4.72 Å². The Balaban J connectivity index is 0.000000207. The van der Waals surface area contributed by atoms with Gasteiger partial charge in [-0.25, -0.2) is 13.1 Å². The van der Waals surface area contributed by atoms with Crippen molar-refractivity contribution in [1.29, 1.82) is 0 Å². The molecule has 1 unspecified atom stereocenters. The molecule has 0 radical (unpaired) electrons. The standard InChI is InChI=1S/C12H21N3O2.C12H15NO6S/c13-9-8-2-6-15(7-3-8)10(9)12(11(16)17)4-1-5-14-12;14-11(15)7-6-10(12(16)17)13-20(18,19)8-9-4-2-1-3-5-9/h8-10,14H,1-7,13H2,(H,16,17);1-5,10,13H,6-8H2,(H,14,15)(H,16,17)/t9-,10?,12+;10-/m00/s1. The van der Waals surface area contributed by atoms with Crippen molar-refractivity contribution in [2.24, 2.45) is 11.7 Å². The molecule has 12 nitrogen and oxygen atoms in total. The maximum atomic E-state index is 11.8. The number of hydrogen-bond acceptors (Lipinski definition) is 8. The zero-order valence-corrected chi connectivity index (χ0v) is 21.4. The Bertz CT molecular complexity index is 1050. The molecular weight excluding hydrogens is 504 g/mol. The van der Waals surface area contributed by atoms with E-state index in [0.29, 0.717) is 17.9 Å². The van der Waals surface area contributed by atoms with Gasteiger partial charge in [-0.15, -0.1) is 0 Å². The molecule has 0 aliphatic carbocycles. The summed E-state index contributed by atoms with van der Waals surface area (Å²) < 4.78 is 25.7. The first-order valence-corrected chi connectivity index (χ1v) is 14.1. The van der Waals surface area contributed by atoms with Crippen molar-refractivity contribution < 1.29 is 38.1 Å². The van der Waals surface area contributed by atoms with Gasteiger partial charge in [0.05, 0.1) is 11.8 Å². The van der Waals surface area contributed by atoms with Crippen LogP contribution in [0.25, 0.3) is 0 Å². The number of rotatable bonds is 10. The van der Waals surface area contributed by atoms with Crippen LogP contribution in [0.3, 0.4) is 0 Å². The van der Waals surface area contributed by atoms with Gasteiger partial charge in [-0.05, 0) is 63.2 Å². The monoisotopic (exact) mass is 540 g/mol. The second kappa shape index (κ2) is 12.3. The van der Waals surface area contributed by atoms with Gasteiger partial charge < -0.3 is 26.4 Å². The van der Waals surface area contributed by atoms with Gasteiger partial charge in [-0.3, -0.25) is 19.3 Å². The van der Waals surface area contributed by atoms with Crippen molar-refractivity contribution in [3.8, 4) is 0 Å². The molecule has 0 amide bonds. The molecule has 5 rings (SSSR count). The molecule has 4 saturated heterocycles. The molecule has 37 heavy (non-hydrogen) atoms. The molecule has 2 bridgehead atoms. The fourth-order valence-corrected chi connectivity index (χ4v) is 6.97. The van der Waals surface area contributed by atoms with Crippen LogP contribution < -0.4 is 15.8 Å². The first-order chi connectivity index (χ1) is 17.4. The summed E-state index contributed by atoms with van der Waals surface area (Å²) in [6.07, 6.45) is 3.18. The zero-order valence-electron chi connectivity index (χ0n) is 20.6. The summed E-state index contributed by atoms with van der Waals surface area (Å²) in [4.78, 5) is 35.3. The van der Waals surface area contributed by atoms with E-state index in [-0.39, 0.29) is 24.3 Å². The Morgan fingerprint density at radius 1 is 1.14 bits per heavy atom. The Kier molecular flexibility index (Phi) is 9.64. The predicted octanol–water partition coefficient (Wildman–Crippen LogP) is 0.0387. The quantitative estimate of drug-likeness (QED) is 0.234. The number of aliphatic carboxylic acids is 3. The van der Waals surface area contributed by atoms with Gasteiger partial charge in [0.2, 0.25) is 10.0 Å². The lowest BCUT2D eigenvalue weighted by atomic mass is 9.71. The number of nitrogens with one attached hydrogen (secondary N) is 2. The van der Waals surface area contributed by atoms with Crippen molar-refractivity contribution in [1.82, 2.24) is 14.9 Å². The van der Waals surface area contributed by atoms with Crippen molar-refractivity contribution in [3.05, 3.63) is 35.9 Å². The number of carboxylic acids is 3. The normalized spacial score (nSPS) is 29.6. The lowest BCUT2D eigenvalue weighted by Crippen LogP contribution is -2.74. The third kappa shape index (κ3) is 7.26. The minimum atomic E-state index is -3.85. The van der Waals surface area contributed by atoms with Gasteiger partial charge >= 0.3 is 17.9 Å². The molecule has 1 aromatic carbocycles. The van der Waals surface area contributed by atoms with Crippen LogP contribution in [0.4, 0.5) is 0 Å². The van der Waals surface area contributed by atoms with Gasteiger partial charge in [0.25, 0.3) is 0 Å². The van der Waals surface area contributed by atoms with E-state index in [2.05, 4.69) is 10.2 Å². The minimum absolute atomic E-state index is 0.0131. The second-order valence-corrected chi connectivity index (χ2v) is 11.6. The van der Waals surface area contributed by atoms with Gasteiger partial charge in [-0.1, -0.05) is 30.3 Å². The number of hydrogen-bond donors (Lipinski definition) is 6. The van der Waals surface area contributed by atoms with Gasteiger partial charge in [0.15, 0.2) is 0 Å². The van der Waals surface area contributed by atoms with Gasteiger partial charge in [0, 0.05) is 12.5 Å². The molecule has 4 fully saturated rings. The van der Waals surface area contributed by atoms with E-state index in [9.17, 15) is 27.9 Å².